The summed E-state index contributed by atoms with van der Waals surface area (Å²) in [5.41, 5.74) is 0.154. The number of benzene rings is 1. The Morgan fingerprint density at radius 3 is 2.19 bits per heavy atom. The molecule has 0 aliphatic rings. The molecule has 0 aromatic heterocycles. The summed E-state index contributed by atoms with van der Waals surface area (Å²) in [6.45, 7) is 0. The number of carbonyl (C=O) groups excluding carboxylic acids is 1. The van der Waals surface area contributed by atoms with Crippen LogP contribution >= 0.6 is 22.6 Å². The van der Waals surface area contributed by atoms with Gasteiger partial charge in [0, 0.05) is 5.56 Å². The summed E-state index contributed by atoms with van der Waals surface area (Å²) in [4.78, 5) is 11.4. The molecule has 1 unspecified atom stereocenters. The third-order valence-electron chi connectivity index (χ3n) is 1.92. The van der Waals surface area contributed by atoms with Crippen molar-refractivity contribution < 1.29 is 23.1 Å². The molecule has 0 spiro atoms. The van der Waals surface area contributed by atoms with Gasteiger partial charge >= 0.3 is 6.18 Å². The van der Waals surface area contributed by atoms with Gasteiger partial charge in [0.15, 0.2) is 5.78 Å². The Morgan fingerprint density at radius 2 is 1.75 bits per heavy atom. The molecule has 1 aromatic carbocycles. The van der Waals surface area contributed by atoms with E-state index in [9.17, 15) is 18.0 Å². The maximum Gasteiger partial charge on any atom is 0.426 e. The standard InChI is InChI=1S/C10H8F3IO2/c11-10(12,13)9(14,16)6-8(15)7-4-2-1-3-5-7/h1-5,16H,6H2. The quantitative estimate of drug-likeness (QED) is 0.520. The van der Waals surface area contributed by atoms with E-state index in [1.165, 1.54) is 12.1 Å². The van der Waals surface area contributed by atoms with Crippen LogP contribution in [0.2, 0.25) is 0 Å². The van der Waals surface area contributed by atoms with Gasteiger partial charge in [-0.25, -0.2) is 0 Å². The Balaban J connectivity index is 2.80. The van der Waals surface area contributed by atoms with E-state index < -0.39 is 22.0 Å². The fourth-order valence-corrected chi connectivity index (χ4v) is 1.39. The molecule has 2 nitrogen and oxygen atoms in total. The van der Waals surface area contributed by atoms with Gasteiger partial charge in [0.2, 0.25) is 3.61 Å². The summed E-state index contributed by atoms with van der Waals surface area (Å²) in [5, 5.41) is 9.12. The van der Waals surface area contributed by atoms with Crippen LogP contribution in [-0.4, -0.2) is 20.7 Å². The van der Waals surface area contributed by atoms with Gasteiger partial charge < -0.3 is 5.11 Å². The van der Waals surface area contributed by atoms with Gasteiger partial charge in [0.25, 0.3) is 0 Å². The second-order valence-electron chi connectivity index (χ2n) is 3.22. The van der Waals surface area contributed by atoms with Crippen molar-refractivity contribution in [1.82, 2.24) is 0 Å². The minimum Gasteiger partial charge on any atom is -0.371 e. The molecule has 1 rings (SSSR count). The van der Waals surface area contributed by atoms with Gasteiger partial charge in [0.1, 0.15) is 0 Å². The van der Waals surface area contributed by atoms with Crippen molar-refractivity contribution in [2.45, 2.75) is 16.2 Å². The topological polar surface area (TPSA) is 37.3 Å². The zero-order chi connectivity index (χ0) is 12.4. The summed E-state index contributed by atoms with van der Waals surface area (Å²) in [7, 11) is 0. The Hall–Kier alpha value is -0.630. The first kappa shape index (κ1) is 13.4. The normalized spacial score (nSPS) is 15.6. The smallest absolute Gasteiger partial charge is 0.371 e. The highest BCUT2D eigenvalue weighted by Crippen LogP contribution is 2.39. The van der Waals surface area contributed by atoms with Crippen LogP contribution in [0.25, 0.3) is 0 Å². The van der Waals surface area contributed by atoms with E-state index in [0.717, 1.165) is 22.6 Å². The minimum atomic E-state index is -4.82. The third kappa shape index (κ3) is 3.18. The van der Waals surface area contributed by atoms with Crippen LogP contribution in [-0.2, 0) is 0 Å². The first-order valence-corrected chi connectivity index (χ1v) is 5.38. The van der Waals surface area contributed by atoms with Gasteiger partial charge in [-0.15, -0.1) is 0 Å². The summed E-state index contributed by atoms with van der Waals surface area (Å²) in [6, 6.07) is 7.56. The first-order valence-electron chi connectivity index (χ1n) is 4.30. The molecule has 0 aliphatic carbocycles. The lowest BCUT2D eigenvalue weighted by atomic mass is 10.1. The highest BCUT2D eigenvalue weighted by molar-refractivity contribution is 14.1. The largest absolute Gasteiger partial charge is 0.426 e. The number of Topliss-reactive ketones (excluding diaryl/α,β-unsaturated/α-hetero) is 1. The van der Waals surface area contributed by atoms with E-state index in [0.29, 0.717) is 0 Å². The number of aliphatic hydroxyl groups is 1. The predicted molar refractivity (Wildman–Crippen MR) is 60.4 cm³/mol. The van der Waals surface area contributed by atoms with Crippen molar-refractivity contribution in [3.05, 3.63) is 35.9 Å². The molecule has 0 radical (unpaired) electrons. The number of ketones is 1. The molecule has 88 valence electrons. The van der Waals surface area contributed by atoms with Gasteiger partial charge in [-0.2, -0.15) is 13.2 Å². The molecule has 1 N–H and O–H groups in total. The monoisotopic (exact) mass is 344 g/mol. The third-order valence-corrected chi connectivity index (χ3v) is 2.92. The predicted octanol–water partition coefficient (Wildman–Crippen LogP) is 2.95. The average molecular weight is 344 g/mol. The summed E-state index contributed by atoms with van der Waals surface area (Å²) in [5.74, 6) is -0.741. The van der Waals surface area contributed by atoms with Gasteiger partial charge in [-0.1, -0.05) is 30.3 Å². The zero-order valence-electron chi connectivity index (χ0n) is 7.96. The van der Waals surface area contributed by atoms with E-state index in [2.05, 4.69) is 0 Å². The van der Waals surface area contributed by atoms with Gasteiger partial charge in [-0.3, -0.25) is 4.79 Å². The summed E-state index contributed by atoms with van der Waals surface area (Å²) < 4.78 is 33.9. The van der Waals surface area contributed by atoms with Gasteiger partial charge in [0.05, 0.1) is 6.42 Å². The molecule has 6 heteroatoms. The fraction of sp³-hybridized carbons (Fsp3) is 0.300. The number of rotatable bonds is 3. The Morgan fingerprint density at radius 1 is 1.25 bits per heavy atom. The lowest BCUT2D eigenvalue weighted by Gasteiger charge is -2.23. The van der Waals surface area contributed by atoms with E-state index >= 15 is 0 Å². The molecule has 0 bridgehead atoms. The van der Waals surface area contributed by atoms with E-state index in [1.807, 2.05) is 0 Å². The summed E-state index contributed by atoms with van der Waals surface area (Å²) >= 11 is 0.834. The second kappa shape index (κ2) is 4.70. The minimum absolute atomic E-state index is 0.154. The average Bonchev–Trinajstić information content (AvgIpc) is 2.16. The first-order chi connectivity index (χ1) is 7.24. The van der Waals surface area contributed by atoms with Crippen LogP contribution < -0.4 is 0 Å². The van der Waals surface area contributed by atoms with Crippen LogP contribution in [0.5, 0.6) is 0 Å². The van der Waals surface area contributed by atoms with Crippen molar-refractivity contribution in [2.24, 2.45) is 0 Å². The van der Waals surface area contributed by atoms with Crippen molar-refractivity contribution in [3.63, 3.8) is 0 Å². The Kier molecular flexibility index (Phi) is 3.95. The number of hydrogen-bond donors (Lipinski definition) is 1. The highest BCUT2D eigenvalue weighted by atomic mass is 127. The lowest BCUT2D eigenvalue weighted by molar-refractivity contribution is -0.210. The van der Waals surface area contributed by atoms with Crippen LogP contribution in [0.15, 0.2) is 30.3 Å². The molecular weight excluding hydrogens is 336 g/mol. The Bertz CT molecular complexity index is 373. The van der Waals surface area contributed by atoms with Crippen molar-refractivity contribution >= 4 is 28.4 Å². The van der Waals surface area contributed by atoms with Crippen LogP contribution in [0, 0.1) is 0 Å². The second-order valence-corrected chi connectivity index (χ2v) is 5.01. The molecular formula is C10H8F3IO2. The van der Waals surface area contributed by atoms with Crippen LogP contribution in [0.4, 0.5) is 13.2 Å². The number of hydrogen-bond acceptors (Lipinski definition) is 2. The number of carbonyl (C=O) groups is 1. The number of alkyl halides is 4. The molecule has 1 atom stereocenters. The van der Waals surface area contributed by atoms with Crippen molar-refractivity contribution in [3.8, 4) is 0 Å². The SMILES string of the molecule is O=C(CC(O)(I)C(F)(F)F)c1ccccc1. The molecule has 0 fully saturated rings. The Labute approximate surface area is 104 Å². The molecule has 0 aliphatic heterocycles. The van der Waals surface area contributed by atoms with E-state index in [4.69, 9.17) is 5.11 Å². The number of halogens is 4. The molecule has 0 saturated carbocycles. The van der Waals surface area contributed by atoms with Crippen molar-refractivity contribution in [2.75, 3.05) is 0 Å². The maximum atomic E-state index is 12.3. The molecule has 0 amide bonds. The lowest BCUT2D eigenvalue weighted by Crippen LogP contribution is -2.40. The molecule has 0 saturated heterocycles. The van der Waals surface area contributed by atoms with Crippen LogP contribution in [0.1, 0.15) is 16.8 Å². The molecule has 1 aromatic rings. The molecule has 16 heavy (non-hydrogen) atoms. The zero-order valence-corrected chi connectivity index (χ0v) is 10.1. The van der Waals surface area contributed by atoms with Crippen LogP contribution in [0.3, 0.4) is 0 Å². The summed E-state index contributed by atoms with van der Waals surface area (Å²) in [6.07, 6.45) is -5.81. The fourth-order valence-electron chi connectivity index (χ4n) is 1.04. The van der Waals surface area contributed by atoms with Crippen molar-refractivity contribution in [1.29, 1.82) is 0 Å². The van der Waals surface area contributed by atoms with E-state index in [1.54, 1.807) is 18.2 Å². The maximum absolute atomic E-state index is 12.3. The van der Waals surface area contributed by atoms with E-state index in [-0.39, 0.29) is 5.56 Å². The van der Waals surface area contributed by atoms with Gasteiger partial charge in [-0.05, 0) is 22.6 Å². The highest BCUT2D eigenvalue weighted by Gasteiger charge is 2.52. The molecule has 0 heterocycles.